The number of benzene rings is 1. The van der Waals surface area contributed by atoms with E-state index in [1.807, 2.05) is 42.5 Å². The summed E-state index contributed by atoms with van der Waals surface area (Å²) in [6.45, 7) is 0. The van der Waals surface area contributed by atoms with Gasteiger partial charge in [-0.25, -0.2) is 4.99 Å². The summed E-state index contributed by atoms with van der Waals surface area (Å²) in [7, 11) is 0. The fraction of sp³-hybridized carbons (Fsp3) is 0.0769. The molecule has 0 amide bonds. The molecule has 2 nitrogen and oxygen atoms in total. The second-order valence-electron chi connectivity index (χ2n) is 3.60. The summed E-state index contributed by atoms with van der Waals surface area (Å²) in [4.78, 5) is 16.5. The Morgan fingerprint density at radius 3 is 3.00 bits per heavy atom. The van der Waals surface area contributed by atoms with Gasteiger partial charge in [-0.1, -0.05) is 24.3 Å². The van der Waals surface area contributed by atoms with Crippen molar-refractivity contribution in [1.29, 1.82) is 0 Å². The predicted octanol–water partition coefficient (Wildman–Crippen LogP) is 2.84. The van der Waals surface area contributed by atoms with Gasteiger partial charge in [-0.3, -0.25) is 4.79 Å². The minimum Gasteiger partial charge on any atom is -0.288 e. The molecule has 0 radical (unpaired) electrons. The van der Waals surface area contributed by atoms with Crippen LogP contribution in [0.1, 0.15) is 16.8 Å². The molecule has 72 valence electrons. The average Bonchev–Trinajstić information content (AvgIpc) is 2.30. The first kappa shape index (κ1) is 8.36. The van der Waals surface area contributed by atoms with E-state index in [0.717, 1.165) is 23.4 Å². The van der Waals surface area contributed by atoms with E-state index < -0.39 is 0 Å². The Kier molecular flexibility index (Phi) is 1.68. The number of aliphatic imine (C=N–C) groups is 1. The highest BCUT2D eigenvalue weighted by Gasteiger charge is 2.24. The summed E-state index contributed by atoms with van der Waals surface area (Å²) in [5, 5.41) is 0. The molecule has 3 rings (SSSR count). The Hall–Kier alpha value is -1.96. The minimum absolute atomic E-state index is 0.0972. The fourth-order valence-electron chi connectivity index (χ4n) is 1.90. The van der Waals surface area contributed by atoms with E-state index in [4.69, 9.17) is 0 Å². The van der Waals surface area contributed by atoms with Gasteiger partial charge in [0.1, 0.15) is 0 Å². The lowest BCUT2D eigenvalue weighted by Gasteiger charge is -2.17. The van der Waals surface area contributed by atoms with Crippen LogP contribution in [-0.2, 0) is 0 Å². The molecule has 1 aromatic rings. The van der Waals surface area contributed by atoms with E-state index in [1.54, 1.807) is 0 Å². The number of hydrogen-bond acceptors (Lipinski definition) is 2. The van der Waals surface area contributed by atoms with E-state index in [0.29, 0.717) is 5.56 Å². The Morgan fingerprint density at radius 1 is 1.20 bits per heavy atom. The molecule has 2 aliphatic rings. The van der Waals surface area contributed by atoms with Gasteiger partial charge in [0.05, 0.1) is 11.4 Å². The van der Waals surface area contributed by atoms with Crippen molar-refractivity contribution < 1.29 is 4.79 Å². The van der Waals surface area contributed by atoms with Crippen LogP contribution in [0.5, 0.6) is 0 Å². The quantitative estimate of drug-likeness (QED) is 0.625. The number of Topliss-reactive ketones (excluding diaryl/α,β-unsaturated/α-hetero) is 1. The van der Waals surface area contributed by atoms with E-state index >= 15 is 0 Å². The number of ketones is 1. The Labute approximate surface area is 87.7 Å². The van der Waals surface area contributed by atoms with Crippen molar-refractivity contribution in [1.82, 2.24) is 0 Å². The van der Waals surface area contributed by atoms with Gasteiger partial charge in [0.2, 0.25) is 0 Å². The highest BCUT2D eigenvalue weighted by Crippen LogP contribution is 2.29. The zero-order valence-corrected chi connectivity index (χ0v) is 8.10. The monoisotopic (exact) mass is 195 g/mol. The molecule has 0 bridgehead atoms. The number of nitrogens with zero attached hydrogens (tertiary/aromatic N) is 1. The standard InChI is InChI=1S/C13H9NO/c15-13-9-5-1-3-7-11(9)14-12-8-4-2-6-10(12)13/h1,3-8H,2H2. The summed E-state index contributed by atoms with van der Waals surface area (Å²) in [6, 6.07) is 7.48. The van der Waals surface area contributed by atoms with Crippen LogP contribution in [0.3, 0.4) is 0 Å². The van der Waals surface area contributed by atoms with E-state index in [2.05, 4.69) is 4.99 Å². The van der Waals surface area contributed by atoms with Crippen LogP contribution in [0.4, 0.5) is 5.69 Å². The first-order valence-corrected chi connectivity index (χ1v) is 4.96. The molecule has 1 aliphatic carbocycles. The number of fused-ring (bicyclic) bond motifs is 2. The zero-order chi connectivity index (χ0) is 10.3. The van der Waals surface area contributed by atoms with E-state index in [-0.39, 0.29) is 5.78 Å². The molecule has 0 N–H and O–H groups in total. The van der Waals surface area contributed by atoms with Crippen molar-refractivity contribution in [3.8, 4) is 0 Å². The second-order valence-corrected chi connectivity index (χ2v) is 3.60. The molecular formula is C13H9NO. The molecule has 2 heteroatoms. The summed E-state index contributed by atoms with van der Waals surface area (Å²) in [5.41, 5.74) is 3.03. The lowest BCUT2D eigenvalue weighted by molar-refractivity contribution is 0.104. The molecule has 0 spiro atoms. The van der Waals surface area contributed by atoms with Gasteiger partial charge in [-0.05, 0) is 24.6 Å². The van der Waals surface area contributed by atoms with Crippen LogP contribution in [0.15, 0.2) is 53.1 Å². The maximum absolute atomic E-state index is 12.1. The van der Waals surface area contributed by atoms with Crippen molar-refractivity contribution in [2.24, 2.45) is 4.99 Å². The van der Waals surface area contributed by atoms with Gasteiger partial charge in [0, 0.05) is 11.1 Å². The number of rotatable bonds is 0. The van der Waals surface area contributed by atoms with Crippen LogP contribution in [0.2, 0.25) is 0 Å². The first-order valence-electron chi connectivity index (χ1n) is 4.96. The summed E-state index contributed by atoms with van der Waals surface area (Å²) in [5.74, 6) is 0.0972. The van der Waals surface area contributed by atoms with Crippen molar-refractivity contribution in [3.63, 3.8) is 0 Å². The maximum atomic E-state index is 12.1. The zero-order valence-electron chi connectivity index (χ0n) is 8.10. The van der Waals surface area contributed by atoms with E-state index in [1.165, 1.54) is 0 Å². The van der Waals surface area contributed by atoms with Gasteiger partial charge in [-0.15, -0.1) is 0 Å². The molecule has 0 fully saturated rings. The van der Waals surface area contributed by atoms with Crippen LogP contribution in [0.25, 0.3) is 0 Å². The number of allylic oxidation sites excluding steroid dienone is 4. The fourth-order valence-corrected chi connectivity index (χ4v) is 1.90. The van der Waals surface area contributed by atoms with Gasteiger partial charge < -0.3 is 0 Å². The molecule has 1 heterocycles. The second kappa shape index (κ2) is 3.02. The molecule has 15 heavy (non-hydrogen) atoms. The number of para-hydroxylation sites is 1. The van der Waals surface area contributed by atoms with Crippen molar-refractivity contribution in [3.05, 3.63) is 53.6 Å². The number of hydrogen-bond donors (Lipinski definition) is 0. The molecule has 0 saturated heterocycles. The Balaban J connectivity index is 2.27. The van der Waals surface area contributed by atoms with E-state index in [9.17, 15) is 4.79 Å². The van der Waals surface area contributed by atoms with Crippen LogP contribution in [-0.4, -0.2) is 11.5 Å². The summed E-state index contributed by atoms with van der Waals surface area (Å²) < 4.78 is 0. The lowest BCUT2D eigenvalue weighted by atomic mass is 9.91. The van der Waals surface area contributed by atoms with Crippen LogP contribution in [0, 0.1) is 0 Å². The molecule has 1 aromatic carbocycles. The first-order chi connectivity index (χ1) is 7.36. The van der Waals surface area contributed by atoms with Crippen molar-refractivity contribution in [2.75, 3.05) is 0 Å². The Bertz CT molecular complexity index is 535. The SMILES string of the molecule is O=C1C2=CCC=CC2=Nc2ccccc21. The topological polar surface area (TPSA) is 29.4 Å². The third-order valence-corrected chi connectivity index (χ3v) is 2.64. The van der Waals surface area contributed by atoms with Gasteiger partial charge in [0.15, 0.2) is 5.78 Å². The number of carbonyl (C=O) groups excluding carboxylic acids is 1. The smallest absolute Gasteiger partial charge is 0.197 e. The molecule has 0 unspecified atom stereocenters. The number of carbonyl (C=O) groups is 1. The van der Waals surface area contributed by atoms with Crippen molar-refractivity contribution >= 4 is 17.2 Å². The summed E-state index contributed by atoms with van der Waals surface area (Å²) >= 11 is 0. The maximum Gasteiger partial charge on any atom is 0.197 e. The highest BCUT2D eigenvalue weighted by atomic mass is 16.1. The third kappa shape index (κ3) is 1.18. The minimum atomic E-state index is 0.0972. The average molecular weight is 195 g/mol. The molecular weight excluding hydrogens is 186 g/mol. The van der Waals surface area contributed by atoms with Gasteiger partial charge >= 0.3 is 0 Å². The van der Waals surface area contributed by atoms with Crippen molar-refractivity contribution in [2.45, 2.75) is 6.42 Å². The highest BCUT2D eigenvalue weighted by molar-refractivity contribution is 6.35. The molecule has 0 atom stereocenters. The lowest BCUT2D eigenvalue weighted by Crippen LogP contribution is -2.17. The molecule has 0 aromatic heterocycles. The van der Waals surface area contributed by atoms with Gasteiger partial charge in [-0.2, -0.15) is 0 Å². The van der Waals surface area contributed by atoms with Crippen LogP contribution >= 0.6 is 0 Å². The van der Waals surface area contributed by atoms with Gasteiger partial charge in [0.25, 0.3) is 0 Å². The molecule has 1 aliphatic heterocycles. The van der Waals surface area contributed by atoms with Crippen LogP contribution < -0.4 is 0 Å². The largest absolute Gasteiger partial charge is 0.288 e. The normalized spacial score (nSPS) is 17.7. The molecule has 0 saturated carbocycles. The summed E-state index contributed by atoms with van der Waals surface area (Å²) in [6.07, 6.45) is 6.70. The Morgan fingerprint density at radius 2 is 2.07 bits per heavy atom. The third-order valence-electron chi connectivity index (χ3n) is 2.64. The predicted molar refractivity (Wildman–Crippen MR) is 59.7 cm³/mol.